The average molecular weight is 480 g/mol. The van der Waals surface area contributed by atoms with Crippen molar-refractivity contribution in [2.24, 2.45) is 0 Å². The molecule has 1 aliphatic heterocycles. The molecule has 0 unspecified atom stereocenters. The third-order valence-corrected chi connectivity index (χ3v) is 6.03. The number of amides is 1. The third-order valence-electron chi connectivity index (χ3n) is 6.03. The summed E-state index contributed by atoms with van der Waals surface area (Å²) in [6.07, 6.45) is 3.13. The molecule has 4 heterocycles. The molecule has 1 N–H and O–H groups in total. The molecule has 9 nitrogen and oxygen atoms in total. The van der Waals surface area contributed by atoms with E-state index in [1.807, 2.05) is 18.2 Å². The molecule has 5 aromatic rings. The van der Waals surface area contributed by atoms with E-state index in [0.717, 1.165) is 10.2 Å². The van der Waals surface area contributed by atoms with Crippen LogP contribution in [0.25, 0.3) is 21.8 Å². The first-order valence-electron chi connectivity index (χ1n) is 11.4. The number of fused-ring (bicyclic) bond motifs is 3. The van der Waals surface area contributed by atoms with Crippen LogP contribution in [0.1, 0.15) is 15.9 Å². The van der Waals surface area contributed by atoms with Crippen LogP contribution in [0.4, 0.5) is 0 Å². The van der Waals surface area contributed by atoms with Gasteiger partial charge in [-0.05, 0) is 48.0 Å². The molecule has 0 bridgehead atoms. The fourth-order valence-corrected chi connectivity index (χ4v) is 4.22. The van der Waals surface area contributed by atoms with Crippen molar-refractivity contribution in [2.75, 3.05) is 18.6 Å². The highest BCUT2D eigenvalue weighted by atomic mass is 16.6. The maximum Gasteiger partial charge on any atom is 0.278 e. The van der Waals surface area contributed by atoms with Gasteiger partial charge in [0.15, 0.2) is 11.5 Å². The van der Waals surface area contributed by atoms with Crippen LogP contribution >= 0.6 is 0 Å². The molecule has 2 aromatic carbocycles. The first-order chi connectivity index (χ1) is 17.6. The molecule has 0 radical (unpaired) electrons. The molecule has 3 aromatic heterocycles. The van der Waals surface area contributed by atoms with Gasteiger partial charge in [0.05, 0.1) is 28.4 Å². The van der Waals surface area contributed by atoms with Gasteiger partial charge in [-0.15, -0.1) is 0 Å². The monoisotopic (exact) mass is 480 g/mol. The Bertz CT molecular complexity index is 1760. The summed E-state index contributed by atoms with van der Waals surface area (Å²) in [4.78, 5) is 43.5. The van der Waals surface area contributed by atoms with Crippen LogP contribution in [-0.2, 0) is 6.54 Å². The molecule has 36 heavy (non-hydrogen) atoms. The van der Waals surface area contributed by atoms with Crippen molar-refractivity contribution >= 4 is 27.7 Å². The first-order valence-corrected chi connectivity index (χ1v) is 11.4. The number of nitrogens with one attached hydrogen (secondary N) is 1. The van der Waals surface area contributed by atoms with Crippen LogP contribution in [0, 0.1) is 0 Å². The predicted molar refractivity (Wildman–Crippen MR) is 134 cm³/mol. The summed E-state index contributed by atoms with van der Waals surface area (Å²) < 4.78 is 13.9. The van der Waals surface area contributed by atoms with Crippen molar-refractivity contribution in [3.05, 3.63) is 111 Å². The molecular formula is C27H20N4O5. The fourth-order valence-electron chi connectivity index (χ4n) is 4.22. The highest BCUT2D eigenvalue weighted by molar-refractivity contribution is 6.00. The molecule has 0 atom stereocenters. The summed E-state index contributed by atoms with van der Waals surface area (Å²) in [6.45, 7) is 1.30. The zero-order valence-electron chi connectivity index (χ0n) is 19.0. The highest BCUT2D eigenvalue weighted by Gasteiger charge is 2.14. The van der Waals surface area contributed by atoms with Gasteiger partial charge in [-0.25, -0.2) is 9.66 Å². The molecular weight excluding hydrogens is 460 g/mol. The van der Waals surface area contributed by atoms with Crippen molar-refractivity contribution in [1.82, 2.24) is 14.2 Å². The molecule has 6 rings (SSSR count). The minimum Gasteiger partial charge on any atom is -0.486 e. The Kier molecular flexibility index (Phi) is 5.22. The standard InChI is InChI=1S/C27H20N4O5/c32-25(18-4-2-1-3-5-18)29-31-11-9-22-20(27(31)34)15-19-21(28-22)8-10-30(26(19)33)16-17-6-7-23-24(14-17)36-13-12-35-23/h1-11,14-15H,12-13,16H2,(H,29,32). The van der Waals surface area contributed by atoms with Crippen LogP contribution < -0.4 is 26.0 Å². The van der Waals surface area contributed by atoms with Gasteiger partial charge < -0.3 is 14.0 Å². The number of carbonyl (C=O) groups excluding carboxylic acids is 1. The Hall–Kier alpha value is -4.92. The SMILES string of the molecule is O=C(Nn1ccc2nc3ccn(Cc4ccc5c(c4)OCCO5)c(=O)c3cc2c1=O)c1ccccc1. The quantitative estimate of drug-likeness (QED) is 0.397. The van der Waals surface area contributed by atoms with Gasteiger partial charge in [0, 0.05) is 18.0 Å². The van der Waals surface area contributed by atoms with Gasteiger partial charge >= 0.3 is 0 Å². The van der Waals surface area contributed by atoms with Crippen molar-refractivity contribution < 1.29 is 14.3 Å². The maximum atomic E-state index is 13.3. The minimum absolute atomic E-state index is 0.229. The van der Waals surface area contributed by atoms with Crippen LogP contribution in [0.5, 0.6) is 11.5 Å². The van der Waals surface area contributed by atoms with Crippen LogP contribution in [-0.4, -0.2) is 33.3 Å². The topological polar surface area (TPSA) is 104 Å². The number of pyridine rings is 3. The lowest BCUT2D eigenvalue weighted by atomic mass is 10.1. The molecule has 1 aliphatic rings. The van der Waals surface area contributed by atoms with Crippen molar-refractivity contribution in [2.45, 2.75) is 6.54 Å². The average Bonchev–Trinajstić information content (AvgIpc) is 2.92. The third kappa shape index (κ3) is 3.86. The summed E-state index contributed by atoms with van der Waals surface area (Å²) in [5.74, 6) is 0.910. The van der Waals surface area contributed by atoms with Crippen molar-refractivity contribution in [3.8, 4) is 11.5 Å². The molecule has 0 spiro atoms. The maximum absolute atomic E-state index is 13.3. The van der Waals surface area contributed by atoms with E-state index >= 15 is 0 Å². The zero-order valence-corrected chi connectivity index (χ0v) is 19.0. The minimum atomic E-state index is -0.479. The summed E-state index contributed by atoms with van der Waals surface area (Å²) in [6, 6.07) is 19.1. The van der Waals surface area contributed by atoms with E-state index in [-0.39, 0.29) is 10.9 Å². The summed E-state index contributed by atoms with van der Waals surface area (Å²) in [7, 11) is 0. The smallest absolute Gasteiger partial charge is 0.278 e. The number of rotatable bonds is 4. The Morgan fingerprint density at radius 1 is 0.833 bits per heavy atom. The molecule has 0 aliphatic carbocycles. The number of carbonyl (C=O) groups is 1. The molecule has 0 saturated heterocycles. The Morgan fingerprint density at radius 3 is 2.36 bits per heavy atom. The van der Waals surface area contributed by atoms with E-state index in [0.29, 0.717) is 53.2 Å². The van der Waals surface area contributed by atoms with Gasteiger partial charge in [-0.2, -0.15) is 0 Å². The number of aromatic nitrogens is 3. The summed E-state index contributed by atoms with van der Waals surface area (Å²) in [5, 5.41) is 0.541. The Morgan fingerprint density at radius 2 is 1.56 bits per heavy atom. The second-order valence-electron chi connectivity index (χ2n) is 8.38. The van der Waals surface area contributed by atoms with Gasteiger partial charge in [-0.3, -0.25) is 19.8 Å². The van der Waals surface area contributed by atoms with Gasteiger partial charge in [0.2, 0.25) is 0 Å². The van der Waals surface area contributed by atoms with E-state index in [4.69, 9.17) is 9.47 Å². The lowest BCUT2D eigenvalue weighted by molar-refractivity contribution is 0.101. The number of nitrogens with zero attached hydrogens (tertiary/aromatic N) is 3. The highest BCUT2D eigenvalue weighted by Crippen LogP contribution is 2.31. The summed E-state index contributed by atoms with van der Waals surface area (Å²) >= 11 is 0. The molecule has 0 saturated carbocycles. The van der Waals surface area contributed by atoms with E-state index in [9.17, 15) is 14.4 Å². The van der Waals surface area contributed by atoms with Crippen LogP contribution in [0.3, 0.4) is 0 Å². The fraction of sp³-hybridized carbons (Fsp3) is 0.111. The van der Waals surface area contributed by atoms with E-state index < -0.39 is 11.5 Å². The van der Waals surface area contributed by atoms with Crippen molar-refractivity contribution in [1.29, 1.82) is 0 Å². The van der Waals surface area contributed by atoms with E-state index in [2.05, 4.69) is 10.4 Å². The van der Waals surface area contributed by atoms with E-state index in [1.54, 1.807) is 53.2 Å². The number of ether oxygens (including phenoxy) is 2. The van der Waals surface area contributed by atoms with Crippen molar-refractivity contribution in [3.63, 3.8) is 0 Å². The first kappa shape index (κ1) is 21.6. The van der Waals surface area contributed by atoms with Crippen LogP contribution in [0.2, 0.25) is 0 Å². The van der Waals surface area contributed by atoms with Crippen LogP contribution in [0.15, 0.2) is 88.7 Å². The summed E-state index contributed by atoms with van der Waals surface area (Å²) in [5.41, 5.74) is 4.04. The normalized spacial score (nSPS) is 12.6. The Balaban J connectivity index is 1.37. The lowest BCUT2D eigenvalue weighted by Crippen LogP contribution is -2.32. The van der Waals surface area contributed by atoms with Gasteiger partial charge in [-0.1, -0.05) is 24.3 Å². The number of benzene rings is 2. The molecule has 1 amide bonds. The second-order valence-corrected chi connectivity index (χ2v) is 8.38. The van der Waals surface area contributed by atoms with E-state index in [1.165, 1.54) is 12.3 Å². The number of hydrogen-bond acceptors (Lipinski definition) is 6. The number of hydrogen-bond donors (Lipinski definition) is 1. The molecule has 0 fully saturated rings. The second kappa shape index (κ2) is 8.70. The van der Waals surface area contributed by atoms with Gasteiger partial charge in [0.1, 0.15) is 13.2 Å². The zero-order chi connectivity index (χ0) is 24.6. The largest absolute Gasteiger partial charge is 0.486 e. The molecule has 178 valence electrons. The molecule has 9 heteroatoms. The van der Waals surface area contributed by atoms with Gasteiger partial charge in [0.25, 0.3) is 17.0 Å². The predicted octanol–water partition coefficient (Wildman–Crippen LogP) is 2.91. The lowest BCUT2D eigenvalue weighted by Gasteiger charge is -2.19. The Labute approximate surface area is 204 Å².